The molecule has 52 heavy (non-hydrogen) atoms. The van der Waals surface area contributed by atoms with Crippen molar-refractivity contribution < 1.29 is 47.5 Å². The standard InChI is InChI=1S/C42H38O10/c1-3-41(43)51-39(27-45-31-18-22-35(23-19-31)49-33-12-7-5-8-13-33)29-47-37-16-11-17-38(26-37)48-30-40(52-42(44)4-2)28-46-32-20-24-36(25-21-32)50-34-14-9-6-10-15-34/h3-26,39-40H,1-2,27-30H2. The normalized spacial score (nSPS) is 11.5. The number of hydrogen-bond donors (Lipinski definition) is 0. The molecule has 0 aliphatic carbocycles. The third-order valence-corrected chi connectivity index (χ3v) is 7.05. The first kappa shape index (κ1) is 36.6. The minimum Gasteiger partial charge on any atom is -0.490 e. The molecule has 2 unspecified atom stereocenters. The van der Waals surface area contributed by atoms with Gasteiger partial charge in [0, 0.05) is 18.2 Å². The Morgan fingerprint density at radius 2 is 0.731 bits per heavy atom. The van der Waals surface area contributed by atoms with Gasteiger partial charge in [0.05, 0.1) is 0 Å². The van der Waals surface area contributed by atoms with E-state index in [1.165, 1.54) is 0 Å². The molecule has 0 saturated carbocycles. The van der Waals surface area contributed by atoms with Crippen LogP contribution in [0, 0.1) is 0 Å². The molecule has 266 valence electrons. The average molecular weight is 703 g/mol. The molecule has 0 radical (unpaired) electrons. The van der Waals surface area contributed by atoms with Gasteiger partial charge in [-0.3, -0.25) is 0 Å². The largest absolute Gasteiger partial charge is 0.490 e. The molecule has 0 aromatic heterocycles. The monoisotopic (exact) mass is 702 g/mol. The zero-order valence-electron chi connectivity index (χ0n) is 28.3. The number of hydrogen-bond acceptors (Lipinski definition) is 10. The van der Waals surface area contributed by atoms with Crippen LogP contribution in [0.4, 0.5) is 0 Å². The van der Waals surface area contributed by atoms with E-state index >= 15 is 0 Å². The van der Waals surface area contributed by atoms with Gasteiger partial charge >= 0.3 is 11.9 Å². The van der Waals surface area contributed by atoms with Crippen LogP contribution < -0.4 is 28.4 Å². The summed E-state index contributed by atoms with van der Waals surface area (Å²) in [6.45, 7) is 6.97. The van der Waals surface area contributed by atoms with E-state index < -0.39 is 24.1 Å². The van der Waals surface area contributed by atoms with Crippen molar-refractivity contribution in [3.63, 3.8) is 0 Å². The highest BCUT2D eigenvalue weighted by molar-refractivity contribution is 5.81. The lowest BCUT2D eigenvalue weighted by Gasteiger charge is -2.20. The molecule has 0 heterocycles. The van der Waals surface area contributed by atoms with Crippen LogP contribution in [0.3, 0.4) is 0 Å². The van der Waals surface area contributed by atoms with Gasteiger partial charge in [0.25, 0.3) is 0 Å². The van der Waals surface area contributed by atoms with Gasteiger partial charge in [-0.1, -0.05) is 55.6 Å². The molecule has 10 nitrogen and oxygen atoms in total. The van der Waals surface area contributed by atoms with E-state index in [9.17, 15) is 9.59 Å². The zero-order valence-corrected chi connectivity index (χ0v) is 28.3. The van der Waals surface area contributed by atoms with Crippen molar-refractivity contribution >= 4 is 11.9 Å². The highest BCUT2D eigenvalue weighted by Crippen LogP contribution is 2.26. The number of benzene rings is 5. The summed E-state index contributed by atoms with van der Waals surface area (Å²) >= 11 is 0. The van der Waals surface area contributed by atoms with Gasteiger partial charge in [-0.05, 0) is 84.9 Å². The first-order chi connectivity index (χ1) is 25.4. The van der Waals surface area contributed by atoms with Crippen molar-refractivity contribution in [3.8, 4) is 46.0 Å². The van der Waals surface area contributed by atoms with E-state index in [4.69, 9.17) is 37.9 Å². The summed E-state index contributed by atoms with van der Waals surface area (Å²) in [6.07, 6.45) is 0.640. The lowest BCUT2D eigenvalue weighted by molar-refractivity contribution is -0.146. The third-order valence-electron chi connectivity index (χ3n) is 7.05. The van der Waals surface area contributed by atoms with Crippen molar-refractivity contribution in [3.05, 3.63) is 159 Å². The lowest BCUT2D eigenvalue weighted by atomic mass is 10.3. The van der Waals surface area contributed by atoms with E-state index in [1.54, 1.807) is 72.8 Å². The highest BCUT2D eigenvalue weighted by Gasteiger charge is 2.18. The molecule has 10 heteroatoms. The molecule has 0 N–H and O–H groups in total. The summed E-state index contributed by atoms with van der Waals surface area (Å²) < 4.78 is 46.2. The Hall–Kier alpha value is -6.68. The predicted molar refractivity (Wildman–Crippen MR) is 194 cm³/mol. The highest BCUT2D eigenvalue weighted by atomic mass is 16.6. The Morgan fingerprint density at radius 1 is 0.423 bits per heavy atom. The van der Waals surface area contributed by atoms with Crippen LogP contribution in [0.15, 0.2) is 159 Å². The van der Waals surface area contributed by atoms with Crippen LogP contribution >= 0.6 is 0 Å². The van der Waals surface area contributed by atoms with Gasteiger partial charge in [0.2, 0.25) is 0 Å². The maximum Gasteiger partial charge on any atom is 0.330 e. The van der Waals surface area contributed by atoms with Crippen molar-refractivity contribution in [2.45, 2.75) is 12.2 Å². The first-order valence-corrected chi connectivity index (χ1v) is 16.4. The van der Waals surface area contributed by atoms with Gasteiger partial charge < -0.3 is 37.9 Å². The third kappa shape index (κ3) is 12.3. The van der Waals surface area contributed by atoms with Crippen LogP contribution in [0.25, 0.3) is 0 Å². The average Bonchev–Trinajstić information content (AvgIpc) is 3.18. The minimum absolute atomic E-state index is 0.0131. The topological polar surface area (TPSA) is 108 Å². The number of ether oxygens (including phenoxy) is 8. The molecule has 0 saturated heterocycles. The number of carbonyl (C=O) groups excluding carboxylic acids is 2. The second-order valence-electron chi connectivity index (χ2n) is 11.0. The summed E-state index contributed by atoms with van der Waals surface area (Å²) in [7, 11) is 0. The van der Waals surface area contributed by atoms with Crippen molar-refractivity contribution in [1.29, 1.82) is 0 Å². The van der Waals surface area contributed by atoms with Gasteiger partial charge in [-0.15, -0.1) is 0 Å². The fraction of sp³-hybridized carbons (Fsp3) is 0.143. The predicted octanol–water partition coefficient (Wildman–Crippen LogP) is 8.38. The van der Waals surface area contributed by atoms with Crippen LogP contribution in [0.5, 0.6) is 46.0 Å². The van der Waals surface area contributed by atoms with Gasteiger partial charge in [0.1, 0.15) is 72.4 Å². The summed E-state index contributed by atoms with van der Waals surface area (Å²) in [4.78, 5) is 24.1. The molecule has 5 aromatic rings. The smallest absolute Gasteiger partial charge is 0.330 e. The molecule has 0 aliphatic heterocycles. The van der Waals surface area contributed by atoms with Crippen LogP contribution in [0.1, 0.15) is 0 Å². The molecular formula is C42H38O10. The Morgan fingerprint density at radius 3 is 1.10 bits per heavy atom. The Balaban J connectivity index is 1.12. The number of carbonyl (C=O) groups is 2. The molecule has 0 aliphatic rings. The molecule has 0 amide bonds. The van der Waals surface area contributed by atoms with E-state index in [2.05, 4.69) is 13.2 Å². The van der Waals surface area contributed by atoms with Crippen molar-refractivity contribution in [1.82, 2.24) is 0 Å². The fourth-order valence-corrected chi connectivity index (χ4v) is 4.52. The molecule has 0 bridgehead atoms. The molecule has 0 spiro atoms. The van der Waals surface area contributed by atoms with E-state index in [0.717, 1.165) is 23.7 Å². The van der Waals surface area contributed by atoms with Crippen LogP contribution in [0.2, 0.25) is 0 Å². The second kappa shape index (κ2) is 19.5. The zero-order chi connectivity index (χ0) is 36.4. The molecule has 5 rings (SSSR count). The molecule has 2 atom stereocenters. The van der Waals surface area contributed by atoms with Crippen molar-refractivity contribution in [2.24, 2.45) is 0 Å². The Bertz CT molecular complexity index is 1730. The number of esters is 2. The molecule has 0 fully saturated rings. The Labute approximate surface area is 302 Å². The SMILES string of the molecule is C=CC(=O)OC(COc1ccc(Oc2ccccc2)cc1)COc1cccc(OCC(COc2ccc(Oc3ccccc3)cc2)OC(=O)C=C)c1. The van der Waals surface area contributed by atoms with Crippen molar-refractivity contribution in [2.75, 3.05) is 26.4 Å². The van der Waals surface area contributed by atoms with E-state index in [0.29, 0.717) is 34.5 Å². The van der Waals surface area contributed by atoms with Gasteiger partial charge in [-0.25, -0.2) is 9.59 Å². The Kier molecular flexibility index (Phi) is 13.7. The van der Waals surface area contributed by atoms with E-state index in [1.807, 2.05) is 60.7 Å². The van der Waals surface area contributed by atoms with Crippen LogP contribution in [-0.4, -0.2) is 50.6 Å². The maximum atomic E-state index is 12.0. The first-order valence-electron chi connectivity index (χ1n) is 16.4. The van der Waals surface area contributed by atoms with Gasteiger partial charge in [-0.2, -0.15) is 0 Å². The van der Waals surface area contributed by atoms with Gasteiger partial charge in [0.15, 0.2) is 12.2 Å². The molecular weight excluding hydrogens is 664 g/mol. The second-order valence-corrected chi connectivity index (χ2v) is 11.0. The maximum absolute atomic E-state index is 12.0. The van der Waals surface area contributed by atoms with Crippen LogP contribution in [-0.2, 0) is 19.1 Å². The summed E-state index contributed by atoms with van der Waals surface area (Å²) in [5, 5.41) is 0. The number of rotatable bonds is 20. The quantitative estimate of drug-likeness (QED) is 0.0580. The lowest BCUT2D eigenvalue weighted by Crippen LogP contribution is -2.31. The fourth-order valence-electron chi connectivity index (χ4n) is 4.52. The minimum atomic E-state index is -0.755. The summed E-state index contributed by atoms with van der Waals surface area (Å²) in [6, 6.07) is 39.9. The number of para-hydroxylation sites is 2. The van der Waals surface area contributed by atoms with E-state index in [-0.39, 0.29) is 26.4 Å². The summed E-state index contributed by atoms with van der Waals surface area (Å²) in [5.74, 6) is 3.53. The summed E-state index contributed by atoms with van der Waals surface area (Å²) in [5.41, 5.74) is 0. The molecule has 5 aromatic carbocycles.